The molecule has 0 saturated carbocycles. The first-order valence-corrected chi connectivity index (χ1v) is 4.49. The number of nitrogens with two attached hydrogens (primary N) is 1. The van der Waals surface area contributed by atoms with Crippen LogP contribution >= 0.6 is 0 Å². The van der Waals surface area contributed by atoms with E-state index in [1.807, 2.05) is 0 Å². The standard InChI is InChI=1S/C9H18N2O3/c1-5-14-8(13)9(2,3)11(4)6-7(10)12/h5-6H2,1-4H3,(H2,10,12). The zero-order chi connectivity index (χ0) is 11.4. The van der Waals surface area contributed by atoms with Crippen molar-refractivity contribution in [2.24, 2.45) is 5.73 Å². The normalized spacial score (nSPS) is 11.5. The second-order valence-corrected chi connectivity index (χ2v) is 3.60. The molecule has 0 aliphatic carbocycles. The number of amides is 1. The SMILES string of the molecule is CCOC(=O)C(C)(C)N(C)CC(N)=O. The van der Waals surface area contributed by atoms with Crippen molar-refractivity contribution in [2.75, 3.05) is 20.2 Å². The maximum Gasteiger partial charge on any atom is 0.325 e. The first-order chi connectivity index (χ1) is 6.32. The summed E-state index contributed by atoms with van der Waals surface area (Å²) < 4.78 is 4.88. The van der Waals surface area contributed by atoms with Gasteiger partial charge in [-0.25, -0.2) is 0 Å². The van der Waals surface area contributed by atoms with Crippen LogP contribution in [0.2, 0.25) is 0 Å². The fourth-order valence-electron chi connectivity index (χ4n) is 0.895. The summed E-state index contributed by atoms with van der Waals surface area (Å²) in [6.45, 7) is 5.47. The molecule has 0 aromatic heterocycles. The summed E-state index contributed by atoms with van der Waals surface area (Å²) in [5.41, 5.74) is 4.20. The highest BCUT2D eigenvalue weighted by atomic mass is 16.5. The molecule has 0 aromatic carbocycles. The molecular formula is C9H18N2O3. The minimum Gasteiger partial charge on any atom is -0.465 e. The van der Waals surface area contributed by atoms with E-state index in [1.165, 1.54) is 0 Å². The number of hydrogen-bond acceptors (Lipinski definition) is 4. The molecule has 0 heterocycles. The minimum absolute atomic E-state index is 0.0335. The summed E-state index contributed by atoms with van der Waals surface area (Å²) in [5, 5.41) is 0. The molecule has 5 nitrogen and oxygen atoms in total. The summed E-state index contributed by atoms with van der Waals surface area (Å²) in [4.78, 5) is 23.7. The van der Waals surface area contributed by atoms with Gasteiger partial charge in [0, 0.05) is 0 Å². The van der Waals surface area contributed by atoms with E-state index >= 15 is 0 Å². The molecule has 0 rings (SSSR count). The van der Waals surface area contributed by atoms with Crippen molar-refractivity contribution in [3.05, 3.63) is 0 Å². The third kappa shape index (κ3) is 3.33. The summed E-state index contributed by atoms with van der Waals surface area (Å²) in [7, 11) is 1.65. The summed E-state index contributed by atoms with van der Waals surface area (Å²) in [6, 6.07) is 0. The molecule has 0 spiro atoms. The molecular weight excluding hydrogens is 184 g/mol. The Balaban J connectivity index is 4.42. The van der Waals surface area contributed by atoms with Crippen molar-refractivity contribution in [3.63, 3.8) is 0 Å². The fraction of sp³-hybridized carbons (Fsp3) is 0.778. The average Bonchev–Trinajstić information content (AvgIpc) is 2.03. The first-order valence-electron chi connectivity index (χ1n) is 4.49. The molecule has 5 heteroatoms. The Kier molecular flexibility index (Phi) is 4.56. The number of rotatable bonds is 5. The predicted octanol–water partition coefficient (Wildman–Crippen LogP) is -0.255. The largest absolute Gasteiger partial charge is 0.465 e. The third-order valence-electron chi connectivity index (χ3n) is 2.12. The number of esters is 1. The third-order valence-corrected chi connectivity index (χ3v) is 2.12. The quantitative estimate of drug-likeness (QED) is 0.624. The van der Waals surface area contributed by atoms with E-state index in [4.69, 9.17) is 10.5 Å². The van der Waals surface area contributed by atoms with Gasteiger partial charge in [-0.05, 0) is 27.8 Å². The van der Waals surface area contributed by atoms with Crippen molar-refractivity contribution in [1.29, 1.82) is 0 Å². The van der Waals surface area contributed by atoms with Crippen LogP contribution in [-0.4, -0.2) is 42.5 Å². The Morgan fingerprint density at radius 1 is 1.43 bits per heavy atom. The average molecular weight is 202 g/mol. The smallest absolute Gasteiger partial charge is 0.325 e. The van der Waals surface area contributed by atoms with Gasteiger partial charge in [-0.15, -0.1) is 0 Å². The molecule has 0 unspecified atom stereocenters. The van der Waals surface area contributed by atoms with Crippen LogP contribution in [0.25, 0.3) is 0 Å². The molecule has 0 saturated heterocycles. The lowest BCUT2D eigenvalue weighted by molar-refractivity contribution is -0.155. The van der Waals surface area contributed by atoms with Gasteiger partial charge in [0.1, 0.15) is 5.54 Å². The monoisotopic (exact) mass is 202 g/mol. The van der Waals surface area contributed by atoms with Gasteiger partial charge >= 0.3 is 5.97 Å². The second kappa shape index (κ2) is 4.95. The number of carbonyl (C=O) groups excluding carboxylic acids is 2. The van der Waals surface area contributed by atoms with Crippen LogP contribution in [0.4, 0.5) is 0 Å². The molecule has 14 heavy (non-hydrogen) atoms. The highest BCUT2D eigenvalue weighted by Crippen LogP contribution is 2.13. The van der Waals surface area contributed by atoms with Gasteiger partial charge in [-0.3, -0.25) is 14.5 Å². The van der Waals surface area contributed by atoms with Crippen molar-refractivity contribution in [1.82, 2.24) is 4.90 Å². The number of primary amides is 1. The number of likely N-dealkylation sites (N-methyl/N-ethyl adjacent to an activating group) is 1. The van der Waals surface area contributed by atoms with Crippen LogP contribution < -0.4 is 5.73 Å². The molecule has 0 aliphatic rings. The summed E-state index contributed by atoms with van der Waals surface area (Å²) in [5.74, 6) is -0.825. The molecule has 0 radical (unpaired) electrons. The van der Waals surface area contributed by atoms with E-state index in [0.29, 0.717) is 6.61 Å². The van der Waals surface area contributed by atoms with Crippen LogP contribution in [0.3, 0.4) is 0 Å². The van der Waals surface area contributed by atoms with Gasteiger partial charge < -0.3 is 10.5 Å². The number of ether oxygens (including phenoxy) is 1. The van der Waals surface area contributed by atoms with Gasteiger partial charge in [0.15, 0.2) is 0 Å². The van der Waals surface area contributed by atoms with Crippen molar-refractivity contribution in [2.45, 2.75) is 26.3 Å². The molecule has 0 aromatic rings. The van der Waals surface area contributed by atoms with Crippen LogP contribution in [0.5, 0.6) is 0 Å². The number of hydrogen-bond donors (Lipinski definition) is 1. The summed E-state index contributed by atoms with van der Waals surface area (Å²) in [6.07, 6.45) is 0. The zero-order valence-electron chi connectivity index (χ0n) is 9.16. The molecule has 2 N–H and O–H groups in total. The first kappa shape index (κ1) is 12.9. The van der Waals surface area contributed by atoms with Crippen LogP contribution in [-0.2, 0) is 14.3 Å². The van der Waals surface area contributed by atoms with E-state index in [0.717, 1.165) is 0 Å². The van der Waals surface area contributed by atoms with Crippen LogP contribution in [0.1, 0.15) is 20.8 Å². The van der Waals surface area contributed by atoms with Crippen molar-refractivity contribution >= 4 is 11.9 Å². The van der Waals surface area contributed by atoms with Crippen molar-refractivity contribution in [3.8, 4) is 0 Å². The molecule has 1 amide bonds. The number of nitrogens with zero attached hydrogens (tertiary/aromatic N) is 1. The Morgan fingerprint density at radius 3 is 2.29 bits per heavy atom. The lowest BCUT2D eigenvalue weighted by Gasteiger charge is -2.31. The fourth-order valence-corrected chi connectivity index (χ4v) is 0.895. The second-order valence-electron chi connectivity index (χ2n) is 3.60. The zero-order valence-corrected chi connectivity index (χ0v) is 9.16. The van der Waals surface area contributed by atoms with Gasteiger partial charge in [-0.2, -0.15) is 0 Å². The lowest BCUT2D eigenvalue weighted by Crippen LogP contribution is -2.51. The van der Waals surface area contributed by atoms with Gasteiger partial charge in [-0.1, -0.05) is 0 Å². The Bertz CT molecular complexity index is 226. The van der Waals surface area contributed by atoms with E-state index < -0.39 is 11.4 Å². The Labute approximate surface area is 84.2 Å². The van der Waals surface area contributed by atoms with E-state index in [2.05, 4.69) is 0 Å². The highest BCUT2D eigenvalue weighted by molar-refractivity contribution is 5.82. The topological polar surface area (TPSA) is 72.6 Å². The molecule has 82 valence electrons. The predicted molar refractivity (Wildman–Crippen MR) is 52.5 cm³/mol. The molecule has 0 bridgehead atoms. The maximum atomic E-state index is 11.5. The van der Waals surface area contributed by atoms with Gasteiger partial charge in [0.25, 0.3) is 0 Å². The number of carbonyl (C=O) groups is 2. The maximum absolute atomic E-state index is 11.5. The molecule has 0 fully saturated rings. The minimum atomic E-state index is -0.828. The van der Waals surface area contributed by atoms with E-state index in [9.17, 15) is 9.59 Å². The van der Waals surface area contributed by atoms with Gasteiger partial charge in [0.05, 0.1) is 13.2 Å². The lowest BCUT2D eigenvalue weighted by atomic mass is 10.0. The van der Waals surface area contributed by atoms with Crippen molar-refractivity contribution < 1.29 is 14.3 Å². The van der Waals surface area contributed by atoms with Gasteiger partial charge in [0.2, 0.25) is 5.91 Å². The summed E-state index contributed by atoms with van der Waals surface area (Å²) >= 11 is 0. The Morgan fingerprint density at radius 2 is 1.93 bits per heavy atom. The van der Waals surface area contributed by atoms with E-state index in [1.54, 1.807) is 32.7 Å². The van der Waals surface area contributed by atoms with Crippen LogP contribution in [0.15, 0.2) is 0 Å². The van der Waals surface area contributed by atoms with Crippen LogP contribution in [0, 0.1) is 0 Å². The Hall–Kier alpha value is -1.10. The molecule has 0 aliphatic heterocycles. The molecule has 0 atom stereocenters. The van der Waals surface area contributed by atoms with E-state index in [-0.39, 0.29) is 12.5 Å². The highest BCUT2D eigenvalue weighted by Gasteiger charge is 2.34.